The van der Waals surface area contributed by atoms with Gasteiger partial charge in [0, 0.05) is 12.0 Å². The zero-order chi connectivity index (χ0) is 17.6. The average Bonchev–Trinajstić information content (AvgIpc) is 3.06. The maximum Gasteiger partial charge on any atom is 0.260 e. The number of aromatic nitrogens is 3. The second-order valence-electron chi connectivity index (χ2n) is 5.85. The molecular weight excluding hydrogens is 330 g/mol. The van der Waals surface area contributed by atoms with Gasteiger partial charge in [-0.2, -0.15) is 4.98 Å². The van der Waals surface area contributed by atoms with Crippen LogP contribution in [0.3, 0.4) is 0 Å². The predicted octanol–water partition coefficient (Wildman–Crippen LogP) is 3.00. The lowest BCUT2D eigenvalue weighted by atomic mass is 10.1. The van der Waals surface area contributed by atoms with Crippen molar-refractivity contribution in [2.75, 3.05) is 12.4 Å². The number of carbonyl (C=O) groups is 1. The minimum Gasteiger partial charge on any atom is -0.497 e. The van der Waals surface area contributed by atoms with E-state index < -0.39 is 24.2 Å². The van der Waals surface area contributed by atoms with Crippen molar-refractivity contribution >= 4 is 17.5 Å². The van der Waals surface area contributed by atoms with Crippen molar-refractivity contribution in [3.05, 3.63) is 42.5 Å². The van der Waals surface area contributed by atoms with Gasteiger partial charge in [0.1, 0.15) is 11.7 Å². The highest BCUT2D eigenvalue weighted by Gasteiger charge is 2.61. The minimum atomic E-state index is -2.92. The molecule has 1 unspecified atom stereocenters. The molecule has 1 fully saturated rings. The smallest absolute Gasteiger partial charge is 0.260 e. The molecule has 1 aromatic carbocycles. The van der Waals surface area contributed by atoms with Crippen LogP contribution in [0.25, 0.3) is 16.9 Å². The van der Waals surface area contributed by atoms with Crippen LogP contribution in [0.4, 0.5) is 14.7 Å². The van der Waals surface area contributed by atoms with E-state index in [4.69, 9.17) is 4.74 Å². The summed E-state index contributed by atoms with van der Waals surface area (Å²) >= 11 is 0. The number of pyridine rings is 1. The third kappa shape index (κ3) is 2.79. The highest BCUT2D eigenvalue weighted by atomic mass is 19.3. The molecule has 0 spiro atoms. The molecule has 1 amide bonds. The Labute approximate surface area is 141 Å². The molecule has 2 heterocycles. The Morgan fingerprint density at radius 3 is 2.64 bits per heavy atom. The van der Waals surface area contributed by atoms with Crippen LogP contribution >= 0.6 is 0 Å². The Kier molecular flexibility index (Phi) is 3.41. The van der Waals surface area contributed by atoms with Crippen molar-refractivity contribution < 1.29 is 18.3 Å². The van der Waals surface area contributed by atoms with Crippen LogP contribution in [0, 0.1) is 5.92 Å². The number of benzene rings is 1. The largest absolute Gasteiger partial charge is 0.497 e. The number of fused-ring (bicyclic) bond motifs is 1. The zero-order valence-corrected chi connectivity index (χ0v) is 13.2. The van der Waals surface area contributed by atoms with Gasteiger partial charge in [0.05, 0.1) is 12.8 Å². The number of carbonyl (C=O) groups excluding carboxylic acids is 1. The molecule has 1 aliphatic carbocycles. The van der Waals surface area contributed by atoms with Gasteiger partial charge in [0.2, 0.25) is 11.9 Å². The van der Waals surface area contributed by atoms with Crippen LogP contribution in [0.1, 0.15) is 6.42 Å². The summed E-state index contributed by atoms with van der Waals surface area (Å²) in [5.41, 5.74) is 2.14. The second-order valence-corrected chi connectivity index (χ2v) is 5.85. The molecule has 8 heteroatoms. The molecule has 0 bridgehead atoms. The summed E-state index contributed by atoms with van der Waals surface area (Å²) in [5.74, 6) is -4.23. The third-order valence-electron chi connectivity index (χ3n) is 4.12. The quantitative estimate of drug-likeness (QED) is 0.790. The number of methoxy groups -OCH3 is 1. The van der Waals surface area contributed by atoms with Crippen LogP contribution in [-0.4, -0.2) is 33.5 Å². The summed E-state index contributed by atoms with van der Waals surface area (Å²) in [5, 5.41) is 6.59. The second kappa shape index (κ2) is 5.51. The van der Waals surface area contributed by atoms with Crippen LogP contribution in [-0.2, 0) is 4.79 Å². The Balaban J connectivity index is 1.65. The molecule has 0 saturated heterocycles. The van der Waals surface area contributed by atoms with Gasteiger partial charge in [-0.15, -0.1) is 5.10 Å². The molecule has 3 aromatic rings. The number of halogens is 2. The molecule has 1 aliphatic rings. The molecule has 6 nitrogen and oxygen atoms in total. The molecule has 2 aromatic heterocycles. The van der Waals surface area contributed by atoms with Crippen LogP contribution in [0.2, 0.25) is 0 Å². The van der Waals surface area contributed by atoms with E-state index in [9.17, 15) is 13.6 Å². The molecule has 1 atom stereocenters. The van der Waals surface area contributed by atoms with Gasteiger partial charge in [0.15, 0.2) is 5.65 Å². The fourth-order valence-corrected chi connectivity index (χ4v) is 2.63. The van der Waals surface area contributed by atoms with Gasteiger partial charge in [-0.1, -0.05) is 6.07 Å². The lowest BCUT2D eigenvalue weighted by molar-refractivity contribution is -0.119. The molecule has 25 heavy (non-hydrogen) atoms. The van der Waals surface area contributed by atoms with Crippen LogP contribution in [0.5, 0.6) is 5.75 Å². The van der Waals surface area contributed by atoms with E-state index in [2.05, 4.69) is 15.4 Å². The van der Waals surface area contributed by atoms with Gasteiger partial charge >= 0.3 is 0 Å². The van der Waals surface area contributed by atoms with E-state index >= 15 is 0 Å². The summed E-state index contributed by atoms with van der Waals surface area (Å²) in [6, 6.07) is 12.8. The van der Waals surface area contributed by atoms with Gasteiger partial charge < -0.3 is 4.74 Å². The summed E-state index contributed by atoms with van der Waals surface area (Å²) in [7, 11) is 1.59. The molecular formula is C17H14F2N4O2. The molecule has 0 aliphatic heterocycles. The number of ether oxygens (including phenoxy) is 1. The van der Waals surface area contributed by atoms with Crippen molar-refractivity contribution in [3.8, 4) is 17.0 Å². The van der Waals surface area contributed by atoms with Crippen molar-refractivity contribution in [2.45, 2.75) is 12.3 Å². The maximum atomic E-state index is 13.0. The number of nitrogens with one attached hydrogen (secondary N) is 1. The SMILES string of the molecule is COc1ccc(-c2cccc3nc(NC(=O)C4CC4(F)F)nn23)cc1. The number of rotatable bonds is 4. The number of nitrogens with zero attached hydrogens (tertiary/aromatic N) is 3. The Bertz CT molecular complexity index is 953. The Hall–Kier alpha value is -3.03. The summed E-state index contributed by atoms with van der Waals surface area (Å²) in [4.78, 5) is 16.0. The number of amides is 1. The molecule has 128 valence electrons. The normalized spacial score (nSPS) is 18.1. The summed E-state index contributed by atoms with van der Waals surface area (Å²) in [6.45, 7) is 0. The predicted molar refractivity (Wildman–Crippen MR) is 86.7 cm³/mol. The lowest BCUT2D eigenvalue weighted by Crippen LogP contribution is -2.18. The fraction of sp³-hybridized carbons (Fsp3) is 0.235. The number of hydrogen-bond donors (Lipinski definition) is 1. The van der Waals surface area contributed by atoms with Crippen LogP contribution in [0.15, 0.2) is 42.5 Å². The lowest BCUT2D eigenvalue weighted by Gasteiger charge is -2.05. The molecule has 4 rings (SSSR count). The first-order chi connectivity index (χ1) is 12.0. The zero-order valence-electron chi connectivity index (χ0n) is 13.2. The van der Waals surface area contributed by atoms with Gasteiger partial charge in [-0.3, -0.25) is 10.1 Å². The van der Waals surface area contributed by atoms with Crippen LogP contribution < -0.4 is 10.1 Å². The maximum absolute atomic E-state index is 13.0. The topological polar surface area (TPSA) is 68.5 Å². The van der Waals surface area contributed by atoms with E-state index in [0.29, 0.717) is 5.65 Å². The third-order valence-corrected chi connectivity index (χ3v) is 4.12. The summed E-state index contributed by atoms with van der Waals surface area (Å²) in [6.07, 6.45) is -0.427. The highest BCUT2D eigenvalue weighted by Crippen LogP contribution is 2.48. The van der Waals surface area contributed by atoms with Gasteiger partial charge in [-0.05, 0) is 36.4 Å². The number of anilines is 1. The van der Waals surface area contributed by atoms with Crippen molar-refractivity contribution in [3.63, 3.8) is 0 Å². The van der Waals surface area contributed by atoms with Crippen molar-refractivity contribution in [1.82, 2.24) is 14.6 Å². The molecule has 1 saturated carbocycles. The highest BCUT2D eigenvalue weighted by molar-refractivity contribution is 5.94. The average molecular weight is 344 g/mol. The Morgan fingerprint density at radius 2 is 2.00 bits per heavy atom. The number of hydrogen-bond acceptors (Lipinski definition) is 4. The first-order valence-electron chi connectivity index (χ1n) is 7.67. The summed E-state index contributed by atoms with van der Waals surface area (Å²) < 4.78 is 32.7. The number of alkyl halides is 2. The molecule has 1 N–H and O–H groups in total. The van der Waals surface area contributed by atoms with E-state index in [1.807, 2.05) is 36.4 Å². The van der Waals surface area contributed by atoms with Gasteiger partial charge in [0.25, 0.3) is 5.92 Å². The van der Waals surface area contributed by atoms with E-state index in [1.54, 1.807) is 17.7 Å². The first kappa shape index (κ1) is 15.5. The van der Waals surface area contributed by atoms with Crippen molar-refractivity contribution in [1.29, 1.82) is 0 Å². The standard InChI is InChI=1S/C17H14F2N4O2/c1-25-11-7-5-10(6-8-11)13-3-2-4-14-20-16(22-23(13)14)21-15(24)12-9-17(12,18)19/h2-8,12H,9H2,1H3,(H,21,22,24). The van der Waals surface area contributed by atoms with E-state index in [1.165, 1.54) is 0 Å². The minimum absolute atomic E-state index is 0.00802. The first-order valence-corrected chi connectivity index (χ1v) is 7.67. The Morgan fingerprint density at radius 1 is 1.28 bits per heavy atom. The monoisotopic (exact) mass is 344 g/mol. The molecule has 0 radical (unpaired) electrons. The van der Waals surface area contributed by atoms with E-state index in [-0.39, 0.29) is 5.95 Å². The van der Waals surface area contributed by atoms with E-state index in [0.717, 1.165) is 17.0 Å². The fourth-order valence-electron chi connectivity index (χ4n) is 2.63. The van der Waals surface area contributed by atoms with Gasteiger partial charge in [-0.25, -0.2) is 13.3 Å². The van der Waals surface area contributed by atoms with Crippen molar-refractivity contribution in [2.24, 2.45) is 5.92 Å².